The summed E-state index contributed by atoms with van der Waals surface area (Å²) in [5.74, 6) is 0.754. The van der Waals surface area contributed by atoms with Crippen molar-refractivity contribution in [2.75, 3.05) is 18.8 Å². The van der Waals surface area contributed by atoms with Crippen LogP contribution in [0.4, 0.5) is 0 Å². The second kappa shape index (κ2) is 4.89. The van der Waals surface area contributed by atoms with E-state index in [0.717, 1.165) is 18.4 Å². The van der Waals surface area contributed by atoms with Gasteiger partial charge >= 0.3 is 0 Å². The van der Waals surface area contributed by atoms with Crippen molar-refractivity contribution < 1.29 is 9.59 Å². The molecule has 0 aromatic heterocycles. The average Bonchev–Trinajstić information content (AvgIpc) is 2.81. The third-order valence-corrected chi connectivity index (χ3v) is 5.20. The highest BCUT2D eigenvalue weighted by Gasteiger charge is 2.41. The van der Waals surface area contributed by atoms with E-state index in [2.05, 4.69) is 5.32 Å². The molecular formula is C14H16N2O2S. The summed E-state index contributed by atoms with van der Waals surface area (Å²) in [5.41, 5.74) is 0.738. The number of likely N-dealkylation sites (tertiary alicyclic amines) is 1. The van der Waals surface area contributed by atoms with Crippen LogP contribution < -0.4 is 5.32 Å². The van der Waals surface area contributed by atoms with E-state index >= 15 is 0 Å². The Kier molecular flexibility index (Phi) is 3.22. The lowest BCUT2D eigenvalue weighted by Gasteiger charge is -2.38. The van der Waals surface area contributed by atoms with Gasteiger partial charge in [0.1, 0.15) is 0 Å². The van der Waals surface area contributed by atoms with Crippen LogP contribution >= 0.6 is 11.8 Å². The van der Waals surface area contributed by atoms with Crippen LogP contribution in [0.1, 0.15) is 23.2 Å². The van der Waals surface area contributed by atoms with Crippen LogP contribution in [-0.2, 0) is 4.79 Å². The first-order chi connectivity index (χ1) is 9.19. The minimum atomic E-state index is -0.120. The van der Waals surface area contributed by atoms with E-state index in [4.69, 9.17) is 0 Å². The summed E-state index contributed by atoms with van der Waals surface area (Å²) < 4.78 is 0. The molecule has 1 spiro atoms. The Labute approximate surface area is 116 Å². The van der Waals surface area contributed by atoms with Crippen molar-refractivity contribution in [1.29, 1.82) is 0 Å². The van der Waals surface area contributed by atoms with E-state index < -0.39 is 0 Å². The first-order valence-electron chi connectivity index (χ1n) is 6.48. The molecule has 0 atom stereocenters. The number of hydrogen-bond donors (Lipinski definition) is 1. The molecule has 2 aliphatic heterocycles. The summed E-state index contributed by atoms with van der Waals surface area (Å²) in [7, 11) is 0. The van der Waals surface area contributed by atoms with Crippen LogP contribution in [0, 0.1) is 0 Å². The zero-order valence-electron chi connectivity index (χ0n) is 10.6. The number of thioether (sulfide) groups is 1. The maximum Gasteiger partial charge on any atom is 0.253 e. The molecule has 2 heterocycles. The Balaban J connectivity index is 1.64. The summed E-state index contributed by atoms with van der Waals surface area (Å²) in [5, 5.41) is 3.05. The van der Waals surface area contributed by atoms with Crippen molar-refractivity contribution in [3.05, 3.63) is 35.9 Å². The largest absolute Gasteiger partial charge is 0.341 e. The zero-order valence-corrected chi connectivity index (χ0v) is 11.4. The lowest BCUT2D eigenvalue weighted by Crippen LogP contribution is -2.50. The summed E-state index contributed by atoms with van der Waals surface area (Å²) in [4.78, 5) is 25.4. The van der Waals surface area contributed by atoms with Gasteiger partial charge in [-0.05, 0) is 25.0 Å². The molecule has 0 saturated carbocycles. The highest BCUT2D eigenvalue weighted by molar-refractivity contribution is 8.01. The molecule has 1 aromatic carbocycles. The van der Waals surface area contributed by atoms with E-state index in [1.807, 2.05) is 35.2 Å². The van der Waals surface area contributed by atoms with Crippen LogP contribution in [0.5, 0.6) is 0 Å². The number of rotatable bonds is 1. The van der Waals surface area contributed by atoms with Crippen LogP contribution in [0.25, 0.3) is 0 Å². The second-order valence-corrected chi connectivity index (χ2v) is 6.35. The van der Waals surface area contributed by atoms with Crippen LogP contribution in [-0.4, -0.2) is 40.4 Å². The topological polar surface area (TPSA) is 49.4 Å². The molecule has 19 heavy (non-hydrogen) atoms. The molecule has 2 fully saturated rings. The molecule has 0 radical (unpaired) electrons. The van der Waals surface area contributed by atoms with E-state index in [1.165, 1.54) is 0 Å². The number of nitrogens with one attached hydrogen (secondary N) is 1. The normalized spacial score (nSPS) is 21.5. The Morgan fingerprint density at radius 2 is 1.89 bits per heavy atom. The molecule has 3 rings (SSSR count). The number of benzene rings is 1. The van der Waals surface area contributed by atoms with Gasteiger partial charge in [-0.25, -0.2) is 0 Å². The van der Waals surface area contributed by atoms with Crippen molar-refractivity contribution in [2.24, 2.45) is 0 Å². The maximum absolute atomic E-state index is 12.3. The van der Waals surface area contributed by atoms with Crippen molar-refractivity contribution in [3.8, 4) is 0 Å². The van der Waals surface area contributed by atoms with Gasteiger partial charge in [0.2, 0.25) is 5.91 Å². The van der Waals surface area contributed by atoms with Gasteiger partial charge in [-0.3, -0.25) is 9.59 Å². The molecule has 2 saturated heterocycles. The molecule has 4 nitrogen and oxygen atoms in total. The van der Waals surface area contributed by atoms with Crippen LogP contribution in [0.15, 0.2) is 30.3 Å². The first-order valence-corrected chi connectivity index (χ1v) is 7.46. The molecule has 0 aliphatic carbocycles. The first kappa shape index (κ1) is 12.5. The van der Waals surface area contributed by atoms with Crippen molar-refractivity contribution in [2.45, 2.75) is 17.7 Å². The monoisotopic (exact) mass is 276 g/mol. The third kappa shape index (κ3) is 2.47. The Hall–Kier alpha value is -1.49. The fourth-order valence-electron chi connectivity index (χ4n) is 2.63. The van der Waals surface area contributed by atoms with Gasteiger partial charge in [0, 0.05) is 18.7 Å². The van der Waals surface area contributed by atoms with E-state index in [1.54, 1.807) is 11.8 Å². The summed E-state index contributed by atoms with van der Waals surface area (Å²) >= 11 is 1.68. The molecule has 2 amide bonds. The summed E-state index contributed by atoms with van der Waals surface area (Å²) in [6.45, 7) is 1.42. The minimum absolute atomic E-state index is 0.0878. The molecule has 5 heteroatoms. The highest BCUT2D eigenvalue weighted by Crippen LogP contribution is 2.37. The molecule has 1 aromatic rings. The number of amides is 2. The third-order valence-electron chi connectivity index (χ3n) is 3.73. The lowest BCUT2D eigenvalue weighted by atomic mass is 10.0. The van der Waals surface area contributed by atoms with Gasteiger partial charge < -0.3 is 10.2 Å². The lowest BCUT2D eigenvalue weighted by molar-refractivity contribution is -0.119. The molecule has 1 N–H and O–H groups in total. The van der Waals surface area contributed by atoms with Crippen LogP contribution in [0.2, 0.25) is 0 Å². The van der Waals surface area contributed by atoms with E-state index in [-0.39, 0.29) is 16.7 Å². The Bertz CT molecular complexity index is 495. The summed E-state index contributed by atoms with van der Waals surface area (Å²) in [6, 6.07) is 9.36. The standard InChI is InChI=1S/C14H16N2O2S/c17-12-10-19-14(15-12)6-8-16(9-7-14)13(18)11-4-2-1-3-5-11/h1-5H,6-10H2,(H,15,17). The average molecular weight is 276 g/mol. The quantitative estimate of drug-likeness (QED) is 0.845. The van der Waals surface area contributed by atoms with Gasteiger partial charge in [-0.15, -0.1) is 11.8 Å². The SMILES string of the molecule is O=C1CSC2(CCN(C(=O)c3ccccc3)CC2)N1. The number of carbonyl (C=O) groups excluding carboxylic acids is 2. The molecule has 100 valence electrons. The number of carbonyl (C=O) groups is 2. The highest BCUT2D eigenvalue weighted by atomic mass is 32.2. The van der Waals surface area contributed by atoms with Gasteiger partial charge in [0.15, 0.2) is 0 Å². The van der Waals surface area contributed by atoms with Gasteiger partial charge in [0.05, 0.1) is 10.6 Å². The second-order valence-electron chi connectivity index (χ2n) is 4.99. The number of nitrogens with zero attached hydrogens (tertiary/aromatic N) is 1. The predicted molar refractivity (Wildman–Crippen MR) is 74.9 cm³/mol. The van der Waals surface area contributed by atoms with Gasteiger partial charge in [0.25, 0.3) is 5.91 Å². The Morgan fingerprint density at radius 3 is 2.47 bits per heavy atom. The van der Waals surface area contributed by atoms with Crippen molar-refractivity contribution in [1.82, 2.24) is 10.2 Å². The van der Waals surface area contributed by atoms with Gasteiger partial charge in [-0.1, -0.05) is 18.2 Å². The van der Waals surface area contributed by atoms with Gasteiger partial charge in [-0.2, -0.15) is 0 Å². The molecule has 0 unspecified atom stereocenters. The van der Waals surface area contributed by atoms with E-state index in [9.17, 15) is 9.59 Å². The maximum atomic E-state index is 12.3. The predicted octanol–water partition coefficient (Wildman–Crippen LogP) is 1.48. The van der Waals surface area contributed by atoms with Crippen LogP contribution in [0.3, 0.4) is 0 Å². The Morgan fingerprint density at radius 1 is 1.21 bits per heavy atom. The number of hydrogen-bond acceptors (Lipinski definition) is 3. The smallest absolute Gasteiger partial charge is 0.253 e. The number of piperidine rings is 1. The van der Waals surface area contributed by atoms with Crippen molar-refractivity contribution >= 4 is 23.6 Å². The fraction of sp³-hybridized carbons (Fsp3) is 0.429. The molecule has 2 aliphatic rings. The summed E-state index contributed by atoms with van der Waals surface area (Å²) in [6.07, 6.45) is 1.67. The molecular weight excluding hydrogens is 260 g/mol. The van der Waals surface area contributed by atoms with E-state index in [0.29, 0.717) is 18.8 Å². The fourth-order valence-corrected chi connectivity index (χ4v) is 3.77. The zero-order chi connectivity index (χ0) is 13.3. The molecule has 0 bridgehead atoms. The van der Waals surface area contributed by atoms with Crippen molar-refractivity contribution in [3.63, 3.8) is 0 Å². The minimum Gasteiger partial charge on any atom is -0.341 e.